The predicted molar refractivity (Wildman–Crippen MR) is 180 cm³/mol. The van der Waals surface area contributed by atoms with Crippen LogP contribution in [0.3, 0.4) is 0 Å². The number of rotatable bonds is 8. The van der Waals surface area contributed by atoms with E-state index in [2.05, 4.69) is 9.97 Å². The van der Waals surface area contributed by atoms with E-state index >= 15 is 0 Å². The van der Waals surface area contributed by atoms with Crippen LogP contribution >= 0.6 is 0 Å². The fourth-order valence-corrected chi connectivity index (χ4v) is 10.5. The van der Waals surface area contributed by atoms with Crippen molar-refractivity contribution in [2.75, 3.05) is 31.1 Å². The maximum absolute atomic E-state index is 13.5. The molecular weight excluding hydrogens is 630 g/mol. The third-order valence-electron chi connectivity index (χ3n) is 11.0. The number of pyridine rings is 1. The minimum atomic E-state index is -4.13. The molecule has 0 spiro atoms. The van der Waals surface area contributed by atoms with E-state index in [0.29, 0.717) is 49.2 Å². The van der Waals surface area contributed by atoms with Gasteiger partial charge in [-0.3, -0.25) is 24.1 Å². The molecule has 3 heterocycles. The Morgan fingerprint density at radius 2 is 1.60 bits per heavy atom. The summed E-state index contributed by atoms with van der Waals surface area (Å²) in [6.07, 6.45) is 11.5. The van der Waals surface area contributed by atoms with Crippen LogP contribution < -0.4 is 20.3 Å². The van der Waals surface area contributed by atoms with Crippen LogP contribution in [0.5, 0.6) is 5.75 Å². The maximum Gasteiger partial charge on any atom is 0.339 e. The van der Waals surface area contributed by atoms with Crippen LogP contribution in [0, 0.1) is 23.2 Å². The number of aromatic amines is 1. The molecule has 250 valence electrons. The summed E-state index contributed by atoms with van der Waals surface area (Å²) in [5.74, 6) is 3.27. The molecule has 0 radical (unpaired) electrons. The fraction of sp³-hybridized carbons (Fsp3) is 0.444. The molecule has 4 saturated carbocycles. The van der Waals surface area contributed by atoms with Gasteiger partial charge in [-0.15, -0.1) is 0 Å². The van der Waals surface area contributed by atoms with Gasteiger partial charge < -0.3 is 14.0 Å². The van der Waals surface area contributed by atoms with Crippen molar-refractivity contribution in [3.63, 3.8) is 0 Å². The van der Waals surface area contributed by atoms with E-state index in [4.69, 9.17) is 4.18 Å². The van der Waals surface area contributed by atoms with Gasteiger partial charge in [0.15, 0.2) is 0 Å². The lowest BCUT2D eigenvalue weighted by Gasteiger charge is -2.57. The molecule has 2 aromatic carbocycles. The van der Waals surface area contributed by atoms with E-state index in [1.165, 1.54) is 61.4 Å². The average Bonchev–Trinajstić information content (AvgIpc) is 3.05. The van der Waals surface area contributed by atoms with Crippen molar-refractivity contribution in [3.8, 4) is 5.75 Å². The minimum absolute atomic E-state index is 0.0467. The van der Waals surface area contributed by atoms with E-state index in [1.54, 1.807) is 48.7 Å². The molecule has 5 aliphatic rings. The van der Waals surface area contributed by atoms with Crippen molar-refractivity contribution in [3.05, 3.63) is 93.4 Å². The first kappa shape index (κ1) is 30.9. The molecule has 1 N–H and O–H groups in total. The van der Waals surface area contributed by atoms with Crippen LogP contribution in [0.2, 0.25) is 0 Å². The van der Waals surface area contributed by atoms with E-state index in [-0.39, 0.29) is 28.5 Å². The fourth-order valence-electron chi connectivity index (χ4n) is 9.36. The molecule has 4 aromatic rings. The number of nitrogens with zero attached hydrogens (tertiary/aromatic N) is 4. The zero-order valence-electron chi connectivity index (χ0n) is 26.7. The molecule has 11 nitrogen and oxygen atoms in total. The number of amides is 1. The number of piperazine rings is 1. The maximum atomic E-state index is 13.5. The van der Waals surface area contributed by atoms with Gasteiger partial charge in [0.2, 0.25) is 5.91 Å². The van der Waals surface area contributed by atoms with Gasteiger partial charge >= 0.3 is 15.8 Å². The Morgan fingerprint density at radius 3 is 2.29 bits per heavy atom. The Hall–Kier alpha value is -4.45. The summed E-state index contributed by atoms with van der Waals surface area (Å²) in [6, 6.07) is 14.5. The zero-order valence-corrected chi connectivity index (χ0v) is 27.5. The highest BCUT2D eigenvalue weighted by Crippen LogP contribution is 2.61. The Bertz CT molecular complexity index is 2060. The number of hydrogen-bond donors (Lipinski definition) is 1. The third kappa shape index (κ3) is 5.91. The number of hydrogen-bond acceptors (Lipinski definition) is 8. The molecular formula is C36H39N5O6S. The van der Waals surface area contributed by atoms with Crippen molar-refractivity contribution in [2.45, 2.75) is 56.4 Å². The van der Waals surface area contributed by atoms with Gasteiger partial charge in [-0.25, -0.2) is 4.79 Å². The Labute approximate surface area is 278 Å². The summed E-state index contributed by atoms with van der Waals surface area (Å²) < 4.78 is 33.3. The van der Waals surface area contributed by atoms with Crippen LogP contribution in [0.4, 0.5) is 5.82 Å². The summed E-state index contributed by atoms with van der Waals surface area (Å²) in [5.41, 5.74) is -0.110. The highest BCUT2D eigenvalue weighted by Gasteiger charge is 2.51. The lowest BCUT2D eigenvalue weighted by atomic mass is 9.49. The van der Waals surface area contributed by atoms with Gasteiger partial charge in [0.25, 0.3) is 5.56 Å². The first-order chi connectivity index (χ1) is 23.1. The van der Waals surface area contributed by atoms with Gasteiger partial charge in [0.05, 0.1) is 6.54 Å². The molecule has 2 aromatic heterocycles. The number of anilines is 1. The Morgan fingerprint density at radius 1 is 0.917 bits per heavy atom. The number of benzene rings is 2. The molecule has 0 unspecified atom stereocenters. The van der Waals surface area contributed by atoms with Crippen LogP contribution in [0.15, 0.2) is 81.5 Å². The predicted octanol–water partition coefficient (Wildman–Crippen LogP) is 4.16. The number of H-pyrrole nitrogens is 1. The SMILES string of the molecule is O=C(CC12CC3CC(CC(C3)C1)C2)N1CCN(c2cc(=O)[nH]c(=O)n2Cc2ccc(OS(=O)(=O)c3cccc4cnccc34)cc2)CC1. The number of aromatic nitrogens is 3. The second-order valence-electron chi connectivity index (χ2n) is 14.4. The molecule has 1 aliphatic heterocycles. The lowest BCUT2D eigenvalue weighted by molar-refractivity contribution is -0.139. The monoisotopic (exact) mass is 669 g/mol. The molecule has 1 saturated heterocycles. The van der Waals surface area contributed by atoms with Gasteiger partial charge in [0, 0.05) is 61.8 Å². The molecule has 1 amide bonds. The lowest BCUT2D eigenvalue weighted by Crippen LogP contribution is -2.53. The first-order valence-corrected chi connectivity index (χ1v) is 18.3. The Balaban J connectivity index is 0.941. The summed E-state index contributed by atoms with van der Waals surface area (Å²) >= 11 is 0. The van der Waals surface area contributed by atoms with Crippen molar-refractivity contribution in [2.24, 2.45) is 23.2 Å². The number of carbonyl (C=O) groups is 1. The standard InChI is InChI=1S/C36H39N5O6S/c42-32-17-33(39-10-12-40(13-11-39)34(43)21-36-18-25-14-26(19-36)16-27(15-25)20-36)41(35(44)38-32)23-24-4-6-29(7-5-24)47-48(45,46)31-3-1-2-28-22-37-9-8-30(28)31/h1-9,17,22,25-27H,10-16,18-21,23H2,(H,38,42,44). The Kier molecular flexibility index (Phi) is 7.65. The molecule has 9 rings (SSSR count). The van der Waals surface area contributed by atoms with Crippen LogP contribution in [-0.4, -0.2) is 59.9 Å². The van der Waals surface area contributed by atoms with E-state index in [9.17, 15) is 22.8 Å². The topological polar surface area (TPSA) is 135 Å². The quantitative estimate of drug-likeness (QED) is 0.277. The van der Waals surface area contributed by atoms with Gasteiger partial charge in [-0.1, -0.05) is 24.3 Å². The highest BCUT2D eigenvalue weighted by atomic mass is 32.2. The van der Waals surface area contributed by atoms with Gasteiger partial charge in [0.1, 0.15) is 16.5 Å². The normalized spacial score (nSPS) is 25.0. The second kappa shape index (κ2) is 11.9. The zero-order chi connectivity index (χ0) is 33.0. The smallest absolute Gasteiger partial charge is 0.339 e. The largest absolute Gasteiger partial charge is 0.379 e. The number of carbonyl (C=O) groups excluding carboxylic acids is 1. The molecule has 0 atom stereocenters. The first-order valence-electron chi connectivity index (χ1n) is 16.9. The van der Waals surface area contributed by atoms with E-state index < -0.39 is 21.4 Å². The average molecular weight is 670 g/mol. The van der Waals surface area contributed by atoms with Crippen LogP contribution in [-0.2, 0) is 21.5 Å². The third-order valence-corrected chi connectivity index (χ3v) is 12.3. The second-order valence-corrected chi connectivity index (χ2v) is 15.9. The summed E-state index contributed by atoms with van der Waals surface area (Å²) in [7, 11) is -4.13. The van der Waals surface area contributed by atoms with Crippen molar-refractivity contribution >= 4 is 32.6 Å². The molecule has 4 bridgehead atoms. The van der Waals surface area contributed by atoms with Gasteiger partial charge in [-0.05, 0) is 91.5 Å². The number of nitrogens with one attached hydrogen (secondary N) is 1. The summed E-state index contributed by atoms with van der Waals surface area (Å²) in [5, 5.41) is 1.20. The number of fused-ring (bicyclic) bond motifs is 1. The van der Waals surface area contributed by atoms with E-state index in [0.717, 1.165) is 23.3 Å². The molecule has 48 heavy (non-hydrogen) atoms. The van der Waals surface area contributed by atoms with Gasteiger partial charge in [-0.2, -0.15) is 8.42 Å². The molecule has 12 heteroatoms. The van der Waals surface area contributed by atoms with E-state index in [1.807, 2.05) is 9.80 Å². The van der Waals surface area contributed by atoms with Crippen molar-refractivity contribution < 1.29 is 17.4 Å². The molecule has 4 aliphatic carbocycles. The molecule has 5 fully saturated rings. The van der Waals surface area contributed by atoms with Crippen molar-refractivity contribution in [1.29, 1.82) is 0 Å². The summed E-state index contributed by atoms with van der Waals surface area (Å²) in [4.78, 5) is 49.4. The van der Waals surface area contributed by atoms with Crippen molar-refractivity contribution in [1.82, 2.24) is 19.4 Å². The van der Waals surface area contributed by atoms with Crippen LogP contribution in [0.1, 0.15) is 50.5 Å². The van der Waals surface area contributed by atoms with Crippen LogP contribution in [0.25, 0.3) is 10.8 Å². The highest BCUT2D eigenvalue weighted by molar-refractivity contribution is 7.87. The minimum Gasteiger partial charge on any atom is -0.379 e. The summed E-state index contributed by atoms with van der Waals surface area (Å²) in [6.45, 7) is 2.27.